The number of rotatable bonds is 7. The van der Waals surface area contributed by atoms with Gasteiger partial charge in [0.05, 0.1) is 0 Å². The lowest BCUT2D eigenvalue weighted by Crippen LogP contribution is -2.41. The first kappa shape index (κ1) is 11.8. The van der Waals surface area contributed by atoms with Gasteiger partial charge < -0.3 is 5.32 Å². The van der Waals surface area contributed by atoms with Crippen molar-refractivity contribution in [2.24, 2.45) is 5.92 Å². The molecular weight excluding hydrogens is 230 g/mol. The fraction of sp³-hybridized carbons (Fsp3) is 0.889. The Kier molecular flexibility index (Phi) is 3.46. The van der Waals surface area contributed by atoms with Crippen LogP contribution >= 0.6 is 0 Å². The maximum absolute atomic E-state index is 11.3. The molecule has 6 nitrogen and oxygen atoms in total. The van der Waals surface area contributed by atoms with E-state index >= 15 is 0 Å². The molecule has 0 atom stereocenters. The predicted molar refractivity (Wildman–Crippen MR) is 58.8 cm³/mol. The van der Waals surface area contributed by atoms with E-state index in [0.717, 1.165) is 25.7 Å². The fourth-order valence-electron chi connectivity index (χ4n) is 1.32. The maximum atomic E-state index is 11.3. The van der Waals surface area contributed by atoms with E-state index in [2.05, 4.69) is 14.8 Å². The minimum Gasteiger partial charge on any atom is -0.355 e. The summed E-state index contributed by atoms with van der Waals surface area (Å²) in [4.78, 5) is 11.2. The van der Waals surface area contributed by atoms with Gasteiger partial charge in [-0.15, -0.1) is 0 Å². The minimum absolute atomic E-state index is 0.0364. The number of hydrogen-bond donors (Lipinski definition) is 3. The first-order valence-corrected chi connectivity index (χ1v) is 7.10. The minimum atomic E-state index is -3.37. The Labute approximate surface area is 95.4 Å². The Hall–Kier alpha value is -0.660. The highest BCUT2D eigenvalue weighted by Gasteiger charge is 2.29. The SMILES string of the molecule is O=C(NCCNS(=O)(=O)NC1CC1)C1CC1. The molecule has 2 aliphatic carbocycles. The number of nitrogens with one attached hydrogen (secondary N) is 3. The lowest BCUT2D eigenvalue weighted by atomic mass is 10.4. The van der Waals surface area contributed by atoms with Crippen molar-refractivity contribution in [2.45, 2.75) is 31.7 Å². The van der Waals surface area contributed by atoms with Crippen LogP contribution in [0.15, 0.2) is 0 Å². The average molecular weight is 247 g/mol. The topological polar surface area (TPSA) is 87.3 Å². The van der Waals surface area contributed by atoms with Crippen molar-refractivity contribution in [3.63, 3.8) is 0 Å². The van der Waals surface area contributed by atoms with Gasteiger partial charge in [-0.2, -0.15) is 13.1 Å². The van der Waals surface area contributed by atoms with E-state index < -0.39 is 10.2 Å². The van der Waals surface area contributed by atoms with Crippen molar-refractivity contribution in [1.82, 2.24) is 14.8 Å². The predicted octanol–water partition coefficient (Wildman–Crippen LogP) is -0.901. The number of amides is 1. The standard InChI is InChI=1S/C9H17N3O3S/c13-9(7-1-2-7)10-5-6-11-16(14,15)12-8-3-4-8/h7-8,11-12H,1-6H2,(H,10,13). The summed E-state index contributed by atoms with van der Waals surface area (Å²) in [5, 5.41) is 2.69. The number of hydrogen-bond acceptors (Lipinski definition) is 3. The zero-order valence-electron chi connectivity index (χ0n) is 9.03. The summed E-state index contributed by atoms with van der Waals surface area (Å²) in [6.07, 6.45) is 3.75. The van der Waals surface area contributed by atoms with Crippen LogP contribution in [-0.4, -0.2) is 33.5 Å². The molecule has 0 aromatic heterocycles. The van der Waals surface area contributed by atoms with Crippen LogP contribution in [0.2, 0.25) is 0 Å². The van der Waals surface area contributed by atoms with E-state index in [0.29, 0.717) is 6.54 Å². The quantitative estimate of drug-likeness (QED) is 0.509. The summed E-state index contributed by atoms with van der Waals surface area (Å²) in [6.45, 7) is 0.585. The van der Waals surface area contributed by atoms with Crippen LogP contribution in [-0.2, 0) is 15.0 Å². The summed E-state index contributed by atoms with van der Waals surface area (Å²) >= 11 is 0. The Morgan fingerprint density at radius 3 is 2.38 bits per heavy atom. The van der Waals surface area contributed by atoms with Gasteiger partial charge in [0.2, 0.25) is 5.91 Å². The van der Waals surface area contributed by atoms with Gasteiger partial charge in [-0.05, 0) is 25.7 Å². The molecule has 2 rings (SSSR count). The second-order valence-corrected chi connectivity index (χ2v) is 5.89. The Balaban J connectivity index is 1.57. The van der Waals surface area contributed by atoms with E-state index in [1.807, 2.05) is 0 Å². The molecule has 1 amide bonds. The molecular formula is C9H17N3O3S. The van der Waals surface area contributed by atoms with Crippen molar-refractivity contribution >= 4 is 16.1 Å². The first-order valence-electron chi connectivity index (χ1n) is 5.61. The molecule has 0 bridgehead atoms. The highest BCUT2D eigenvalue weighted by atomic mass is 32.2. The molecule has 0 saturated heterocycles. The number of carbonyl (C=O) groups excluding carboxylic acids is 1. The van der Waals surface area contributed by atoms with Crippen LogP contribution in [0, 0.1) is 5.92 Å². The van der Waals surface area contributed by atoms with Gasteiger partial charge in [0.25, 0.3) is 10.2 Å². The average Bonchev–Trinajstić information content (AvgIpc) is 3.01. The molecule has 2 saturated carbocycles. The van der Waals surface area contributed by atoms with E-state index in [1.54, 1.807) is 0 Å². The van der Waals surface area contributed by atoms with E-state index in [1.165, 1.54) is 0 Å². The van der Waals surface area contributed by atoms with Crippen LogP contribution in [0.1, 0.15) is 25.7 Å². The van der Waals surface area contributed by atoms with Gasteiger partial charge in [-0.3, -0.25) is 4.79 Å². The summed E-state index contributed by atoms with van der Waals surface area (Å²) in [5.74, 6) is 0.204. The normalized spacial score (nSPS) is 20.8. The molecule has 0 aliphatic heterocycles. The van der Waals surface area contributed by atoms with E-state index in [4.69, 9.17) is 0 Å². The molecule has 0 spiro atoms. The summed E-state index contributed by atoms with van der Waals surface area (Å²) in [7, 11) is -3.37. The molecule has 2 aliphatic rings. The Morgan fingerprint density at radius 1 is 1.12 bits per heavy atom. The molecule has 3 N–H and O–H groups in total. The molecule has 2 fully saturated rings. The van der Waals surface area contributed by atoms with Crippen molar-refractivity contribution in [3.8, 4) is 0 Å². The largest absolute Gasteiger partial charge is 0.355 e. The Bertz CT molecular complexity index is 360. The van der Waals surface area contributed by atoms with Crippen molar-refractivity contribution in [2.75, 3.05) is 13.1 Å². The smallest absolute Gasteiger partial charge is 0.277 e. The third kappa shape index (κ3) is 4.07. The Morgan fingerprint density at radius 2 is 1.81 bits per heavy atom. The van der Waals surface area contributed by atoms with Crippen LogP contribution in [0.4, 0.5) is 0 Å². The zero-order valence-corrected chi connectivity index (χ0v) is 9.85. The van der Waals surface area contributed by atoms with Gasteiger partial charge in [-0.25, -0.2) is 4.72 Å². The summed E-state index contributed by atoms with van der Waals surface area (Å²) < 4.78 is 27.6. The lowest BCUT2D eigenvalue weighted by Gasteiger charge is -2.07. The molecule has 7 heteroatoms. The first-order chi connectivity index (χ1) is 7.57. The molecule has 92 valence electrons. The third-order valence-electron chi connectivity index (χ3n) is 2.56. The van der Waals surface area contributed by atoms with Crippen LogP contribution < -0.4 is 14.8 Å². The van der Waals surface area contributed by atoms with Gasteiger partial charge in [-0.1, -0.05) is 0 Å². The second-order valence-electron chi connectivity index (χ2n) is 4.36. The lowest BCUT2D eigenvalue weighted by molar-refractivity contribution is -0.122. The molecule has 0 radical (unpaired) electrons. The summed E-state index contributed by atoms with van der Waals surface area (Å²) in [6, 6.07) is 0.110. The van der Waals surface area contributed by atoms with Crippen LogP contribution in [0.25, 0.3) is 0 Å². The van der Waals surface area contributed by atoms with Crippen molar-refractivity contribution in [1.29, 1.82) is 0 Å². The molecule has 0 aromatic rings. The monoisotopic (exact) mass is 247 g/mol. The van der Waals surface area contributed by atoms with Crippen LogP contribution in [0.5, 0.6) is 0 Å². The highest BCUT2D eigenvalue weighted by molar-refractivity contribution is 7.87. The van der Waals surface area contributed by atoms with E-state index in [-0.39, 0.29) is 24.4 Å². The van der Waals surface area contributed by atoms with Crippen molar-refractivity contribution in [3.05, 3.63) is 0 Å². The molecule has 0 unspecified atom stereocenters. The molecule has 0 heterocycles. The maximum Gasteiger partial charge on any atom is 0.277 e. The van der Waals surface area contributed by atoms with Gasteiger partial charge in [0, 0.05) is 25.0 Å². The van der Waals surface area contributed by atoms with Gasteiger partial charge in [0.1, 0.15) is 0 Å². The fourth-order valence-corrected chi connectivity index (χ4v) is 2.45. The number of carbonyl (C=O) groups is 1. The molecule has 0 aromatic carbocycles. The molecule has 16 heavy (non-hydrogen) atoms. The summed E-state index contributed by atoms with van der Waals surface area (Å²) in [5.41, 5.74) is 0. The highest BCUT2D eigenvalue weighted by Crippen LogP contribution is 2.28. The van der Waals surface area contributed by atoms with Crippen molar-refractivity contribution < 1.29 is 13.2 Å². The van der Waals surface area contributed by atoms with Gasteiger partial charge >= 0.3 is 0 Å². The third-order valence-corrected chi connectivity index (χ3v) is 3.79. The van der Waals surface area contributed by atoms with Gasteiger partial charge in [0.15, 0.2) is 0 Å². The zero-order chi connectivity index (χ0) is 11.6. The van der Waals surface area contributed by atoms with E-state index in [9.17, 15) is 13.2 Å². The second kappa shape index (κ2) is 4.68. The van der Waals surface area contributed by atoms with Crippen LogP contribution in [0.3, 0.4) is 0 Å².